The third-order valence-corrected chi connectivity index (χ3v) is 2.89. The van der Waals surface area contributed by atoms with Crippen LogP contribution in [0.3, 0.4) is 0 Å². The van der Waals surface area contributed by atoms with E-state index in [9.17, 15) is 0 Å². The van der Waals surface area contributed by atoms with Gasteiger partial charge in [0.1, 0.15) is 5.50 Å². The van der Waals surface area contributed by atoms with Crippen molar-refractivity contribution in [3.05, 3.63) is 35.5 Å². The summed E-state index contributed by atoms with van der Waals surface area (Å²) in [6.45, 7) is 2.04. The fraction of sp³-hybridized carbons (Fsp3) is 0.273. The van der Waals surface area contributed by atoms with Gasteiger partial charge in [-0.15, -0.1) is 11.6 Å². The number of aromatic amines is 1. The average molecular weight is 209 g/mol. The lowest BCUT2D eigenvalue weighted by molar-refractivity contribution is 0.783. The number of H-pyrrole nitrogens is 1. The number of hydrogen-bond acceptors (Lipinski definition) is 1. The highest BCUT2D eigenvalue weighted by Crippen LogP contribution is 2.29. The largest absolute Gasteiger partial charge is 0.358 e. The average Bonchev–Trinajstić information content (AvgIpc) is 2.53. The zero-order valence-corrected chi connectivity index (χ0v) is 9.02. The molecule has 2 rings (SSSR count). The topological polar surface area (TPSA) is 27.8 Å². The number of para-hydroxylation sites is 1. The molecule has 0 bridgehead atoms. The van der Waals surface area contributed by atoms with Gasteiger partial charge < -0.3 is 10.3 Å². The minimum absolute atomic E-state index is 0.133. The smallest absolute Gasteiger partial charge is 0.110 e. The van der Waals surface area contributed by atoms with E-state index in [1.807, 2.05) is 26.1 Å². The molecule has 1 atom stereocenters. The maximum absolute atomic E-state index is 6.19. The number of rotatable bonds is 2. The Kier molecular flexibility index (Phi) is 2.48. The molecule has 0 aliphatic carbocycles. The van der Waals surface area contributed by atoms with Crippen molar-refractivity contribution < 1.29 is 0 Å². The third-order valence-electron chi connectivity index (χ3n) is 2.45. The molecule has 0 aliphatic rings. The van der Waals surface area contributed by atoms with E-state index >= 15 is 0 Å². The zero-order valence-electron chi connectivity index (χ0n) is 8.26. The number of fused-ring (bicyclic) bond motifs is 1. The molecule has 2 N–H and O–H groups in total. The summed E-state index contributed by atoms with van der Waals surface area (Å²) in [6.07, 6.45) is 0. The van der Waals surface area contributed by atoms with E-state index in [2.05, 4.69) is 22.4 Å². The molecular formula is C11H13ClN2. The molecule has 0 aliphatic heterocycles. The Morgan fingerprint density at radius 2 is 2.07 bits per heavy atom. The van der Waals surface area contributed by atoms with Crippen molar-refractivity contribution in [2.75, 3.05) is 7.05 Å². The maximum atomic E-state index is 6.19. The van der Waals surface area contributed by atoms with Crippen LogP contribution >= 0.6 is 11.6 Å². The van der Waals surface area contributed by atoms with Gasteiger partial charge in [0.15, 0.2) is 0 Å². The Morgan fingerprint density at radius 1 is 1.36 bits per heavy atom. The Morgan fingerprint density at radius 3 is 2.79 bits per heavy atom. The third kappa shape index (κ3) is 1.41. The molecule has 0 saturated heterocycles. The van der Waals surface area contributed by atoms with Crippen LogP contribution in [0.15, 0.2) is 24.3 Å². The van der Waals surface area contributed by atoms with Crippen molar-refractivity contribution in [1.29, 1.82) is 0 Å². The van der Waals surface area contributed by atoms with Gasteiger partial charge in [0.25, 0.3) is 0 Å². The number of hydrogen-bond donors (Lipinski definition) is 2. The first-order valence-electron chi connectivity index (χ1n) is 4.62. The molecule has 0 saturated carbocycles. The van der Waals surface area contributed by atoms with Gasteiger partial charge in [-0.1, -0.05) is 18.2 Å². The zero-order chi connectivity index (χ0) is 10.1. The number of benzene rings is 1. The van der Waals surface area contributed by atoms with Gasteiger partial charge in [0.05, 0.1) is 0 Å². The van der Waals surface area contributed by atoms with Crippen molar-refractivity contribution >= 4 is 22.5 Å². The van der Waals surface area contributed by atoms with E-state index < -0.39 is 0 Å². The van der Waals surface area contributed by atoms with Crippen LogP contribution in [0.1, 0.15) is 16.8 Å². The van der Waals surface area contributed by atoms with E-state index in [0.717, 1.165) is 16.8 Å². The van der Waals surface area contributed by atoms with Crippen LogP contribution in [0.25, 0.3) is 10.9 Å². The molecule has 0 spiro atoms. The van der Waals surface area contributed by atoms with Crippen molar-refractivity contribution in [2.45, 2.75) is 12.4 Å². The molecular weight excluding hydrogens is 196 g/mol. The quantitative estimate of drug-likeness (QED) is 0.577. The summed E-state index contributed by atoms with van der Waals surface area (Å²) in [7, 11) is 1.86. The Hall–Kier alpha value is -0.990. The first-order valence-corrected chi connectivity index (χ1v) is 5.06. The van der Waals surface area contributed by atoms with Gasteiger partial charge in [0, 0.05) is 22.2 Å². The molecule has 1 unspecified atom stereocenters. The van der Waals surface area contributed by atoms with Crippen LogP contribution in [0.5, 0.6) is 0 Å². The summed E-state index contributed by atoms with van der Waals surface area (Å²) in [6, 6.07) is 8.19. The highest BCUT2D eigenvalue weighted by molar-refractivity contribution is 6.21. The van der Waals surface area contributed by atoms with Crippen LogP contribution in [0.4, 0.5) is 0 Å². The fourth-order valence-electron chi connectivity index (χ4n) is 1.77. The van der Waals surface area contributed by atoms with Gasteiger partial charge in [-0.05, 0) is 20.0 Å². The second kappa shape index (κ2) is 3.64. The molecule has 0 fully saturated rings. The first kappa shape index (κ1) is 9.56. The van der Waals surface area contributed by atoms with E-state index in [-0.39, 0.29) is 5.50 Å². The van der Waals surface area contributed by atoms with Crippen LogP contribution in [0.2, 0.25) is 0 Å². The van der Waals surface area contributed by atoms with Gasteiger partial charge in [-0.3, -0.25) is 0 Å². The SMILES string of the molecule is CNC(Cl)c1c(C)[nH]c2ccccc12. The second-order valence-electron chi connectivity index (χ2n) is 3.36. The van der Waals surface area contributed by atoms with Crippen molar-refractivity contribution in [3.63, 3.8) is 0 Å². The molecule has 1 heterocycles. The Balaban J connectivity index is 2.67. The highest BCUT2D eigenvalue weighted by Gasteiger charge is 2.14. The van der Waals surface area contributed by atoms with Gasteiger partial charge in [-0.2, -0.15) is 0 Å². The van der Waals surface area contributed by atoms with Crippen molar-refractivity contribution in [1.82, 2.24) is 10.3 Å². The predicted molar refractivity (Wildman–Crippen MR) is 60.7 cm³/mol. The van der Waals surface area contributed by atoms with E-state index in [1.54, 1.807) is 0 Å². The lowest BCUT2D eigenvalue weighted by Gasteiger charge is -2.07. The van der Waals surface area contributed by atoms with Crippen LogP contribution in [0, 0.1) is 6.92 Å². The number of aryl methyl sites for hydroxylation is 1. The number of halogens is 1. The molecule has 74 valence electrons. The highest BCUT2D eigenvalue weighted by atomic mass is 35.5. The van der Waals surface area contributed by atoms with Gasteiger partial charge in [-0.25, -0.2) is 0 Å². The van der Waals surface area contributed by atoms with Crippen LogP contribution in [-0.2, 0) is 0 Å². The molecule has 1 aromatic carbocycles. The van der Waals surface area contributed by atoms with Crippen molar-refractivity contribution in [2.24, 2.45) is 0 Å². The minimum atomic E-state index is -0.133. The second-order valence-corrected chi connectivity index (χ2v) is 3.80. The summed E-state index contributed by atoms with van der Waals surface area (Å²) in [5, 5.41) is 4.24. The summed E-state index contributed by atoms with van der Waals surface area (Å²) >= 11 is 6.19. The van der Waals surface area contributed by atoms with Crippen LogP contribution in [-0.4, -0.2) is 12.0 Å². The molecule has 0 radical (unpaired) electrons. The summed E-state index contributed by atoms with van der Waals surface area (Å²) < 4.78 is 0. The molecule has 2 nitrogen and oxygen atoms in total. The summed E-state index contributed by atoms with van der Waals surface area (Å²) in [4.78, 5) is 3.32. The number of aromatic nitrogens is 1. The molecule has 14 heavy (non-hydrogen) atoms. The summed E-state index contributed by atoms with van der Waals surface area (Å²) in [5.74, 6) is 0. The molecule has 3 heteroatoms. The van der Waals surface area contributed by atoms with Crippen molar-refractivity contribution in [3.8, 4) is 0 Å². The molecule has 1 aromatic heterocycles. The monoisotopic (exact) mass is 208 g/mol. The van der Waals surface area contributed by atoms with Gasteiger partial charge >= 0.3 is 0 Å². The Bertz CT molecular complexity index is 447. The predicted octanol–water partition coefficient (Wildman–Crippen LogP) is 2.93. The van der Waals surface area contributed by atoms with E-state index in [4.69, 9.17) is 11.6 Å². The lowest BCUT2D eigenvalue weighted by atomic mass is 10.1. The number of alkyl halides is 1. The fourth-order valence-corrected chi connectivity index (χ4v) is 2.05. The first-order chi connectivity index (χ1) is 6.74. The maximum Gasteiger partial charge on any atom is 0.110 e. The summed E-state index contributed by atoms with van der Waals surface area (Å²) in [5.41, 5.74) is 3.28. The Labute approximate surface area is 88.3 Å². The number of nitrogens with one attached hydrogen (secondary N) is 2. The lowest BCUT2D eigenvalue weighted by Crippen LogP contribution is -2.10. The molecule has 2 aromatic rings. The standard InChI is InChI=1S/C11H13ClN2/c1-7-10(11(12)13-2)8-5-3-4-6-9(8)14-7/h3-6,11,13-14H,1-2H3. The van der Waals surface area contributed by atoms with E-state index in [1.165, 1.54) is 5.39 Å². The van der Waals surface area contributed by atoms with Gasteiger partial charge in [0.2, 0.25) is 0 Å². The normalized spacial score (nSPS) is 13.4. The van der Waals surface area contributed by atoms with E-state index in [0.29, 0.717) is 0 Å². The minimum Gasteiger partial charge on any atom is -0.358 e. The van der Waals surface area contributed by atoms with Crippen LogP contribution < -0.4 is 5.32 Å². The molecule has 0 amide bonds.